The summed E-state index contributed by atoms with van der Waals surface area (Å²) in [6.45, 7) is 1.98. The number of cyclic esters (lactones) is 1. The highest BCUT2D eigenvalue weighted by molar-refractivity contribution is 9.11. The second-order valence-corrected chi connectivity index (χ2v) is 8.53. The monoisotopic (exact) mass is 559 g/mol. The number of carbonyl (C=O) groups is 3. The summed E-state index contributed by atoms with van der Waals surface area (Å²) < 4.78 is 38.6. The summed E-state index contributed by atoms with van der Waals surface area (Å²) in [5, 5.41) is 13.2. The molecule has 0 bridgehead atoms. The van der Waals surface area contributed by atoms with Crippen LogP contribution in [0.5, 0.6) is 0 Å². The number of nitrogens with zero attached hydrogens (tertiary/aromatic N) is 1. The summed E-state index contributed by atoms with van der Waals surface area (Å²) >= 11 is 6.62. The van der Waals surface area contributed by atoms with Gasteiger partial charge in [0.2, 0.25) is 0 Å². The maximum atomic E-state index is 12.2. The van der Waals surface area contributed by atoms with E-state index in [2.05, 4.69) is 47.5 Å². The predicted octanol–water partition coefficient (Wildman–Crippen LogP) is 2.66. The SMILES string of the molecule is O=C(NCC1CC2(CCNCC2)C(=O)O1)c1ncc(Br)cc1Br.O=C(O)C(F)(F)F. The second kappa shape index (κ2) is 10.1. The van der Waals surface area contributed by atoms with Crippen molar-refractivity contribution < 1.29 is 37.4 Å². The lowest BCUT2D eigenvalue weighted by Crippen LogP contribution is -2.39. The number of hydrogen-bond donors (Lipinski definition) is 3. The molecule has 0 aliphatic carbocycles. The number of rotatable bonds is 3. The summed E-state index contributed by atoms with van der Waals surface area (Å²) in [6, 6.07) is 1.77. The highest BCUT2D eigenvalue weighted by Gasteiger charge is 2.49. The van der Waals surface area contributed by atoms with Gasteiger partial charge in [-0.05, 0) is 63.9 Å². The Morgan fingerprint density at radius 1 is 1.33 bits per heavy atom. The van der Waals surface area contributed by atoms with Crippen LogP contribution in [0.25, 0.3) is 0 Å². The number of aliphatic carboxylic acids is 1. The molecule has 2 saturated heterocycles. The second-order valence-electron chi connectivity index (χ2n) is 6.76. The summed E-state index contributed by atoms with van der Waals surface area (Å²) in [6.07, 6.45) is -1.51. The van der Waals surface area contributed by atoms with Gasteiger partial charge in [-0.25, -0.2) is 9.78 Å². The minimum absolute atomic E-state index is 0.124. The molecule has 0 radical (unpaired) electrons. The quantitative estimate of drug-likeness (QED) is 0.486. The van der Waals surface area contributed by atoms with Gasteiger partial charge in [-0.2, -0.15) is 13.2 Å². The van der Waals surface area contributed by atoms with Gasteiger partial charge >= 0.3 is 18.1 Å². The number of halogens is 5. The summed E-state index contributed by atoms with van der Waals surface area (Å²) in [5.41, 5.74) is -0.0500. The Kier molecular flexibility index (Phi) is 8.22. The summed E-state index contributed by atoms with van der Waals surface area (Å²) in [7, 11) is 0. The van der Waals surface area contributed by atoms with E-state index in [-0.39, 0.29) is 23.4 Å². The van der Waals surface area contributed by atoms with E-state index in [1.165, 1.54) is 0 Å². The minimum Gasteiger partial charge on any atom is -0.475 e. The molecule has 2 fully saturated rings. The molecule has 3 heterocycles. The molecular weight excluding hydrogens is 543 g/mol. The van der Waals surface area contributed by atoms with E-state index in [1.54, 1.807) is 12.3 Å². The van der Waals surface area contributed by atoms with Gasteiger partial charge in [0.15, 0.2) is 0 Å². The molecule has 1 spiro atoms. The number of amides is 1. The third-order valence-corrected chi connectivity index (χ3v) is 5.68. The van der Waals surface area contributed by atoms with Crippen molar-refractivity contribution in [2.45, 2.75) is 31.5 Å². The molecule has 3 N–H and O–H groups in total. The standard InChI is InChI=1S/C15H17Br2N3O3.C2HF3O2/c16-9-5-11(17)12(19-7-9)13(21)20-8-10-6-15(14(22)23-10)1-3-18-4-2-15;3-2(4,5)1(6)7/h5,7,10,18H,1-4,6,8H2,(H,20,21);(H,6,7). The van der Waals surface area contributed by atoms with Gasteiger partial charge in [-0.3, -0.25) is 9.59 Å². The zero-order chi connectivity index (χ0) is 22.5. The summed E-state index contributed by atoms with van der Waals surface area (Å²) in [5.74, 6) is -3.17. The number of piperidine rings is 1. The van der Waals surface area contributed by atoms with Crippen molar-refractivity contribution in [2.75, 3.05) is 19.6 Å². The highest BCUT2D eigenvalue weighted by Crippen LogP contribution is 2.41. The molecule has 0 aromatic carbocycles. The molecule has 13 heteroatoms. The molecule has 2 aliphatic heterocycles. The Balaban J connectivity index is 0.000000396. The first-order valence-corrected chi connectivity index (χ1v) is 10.3. The van der Waals surface area contributed by atoms with Crippen molar-refractivity contribution in [1.82, 2.24) is 15.6 Å². The zero-order valence-electron chi connectivity index (χ0n) is 15.4. The predicted molar refractivity (Wildman–Crippen MR) is 105 cm³/mol. The van der Waals surface area contributed by atoms with Crippen LogP contribution >= 0.6 is 31.9 Å². The van der Waals surface area contributed by atoms with Crippen LogP contribution in [0.3, 0.4) is 0 Å². The Hall–Kier alpha value is -1.73. The number of ether oxygens (including phenoxy) is 1. The molecule has 3 rings (SSSR count). The molecule has 1 aromatic rings. The van der Waals surface area contributed by atoms with Gasteiger partial charge in [0.25, 0.3) is 5.91 Å². The Bertz CT molecular complexity index is 816. The van der Waals surface area contributed by atoms with E-state index >= 15 is 0 Å². The Labute approximate surface area is 186 Å². The fourth-order valence-corrected chi connectivity index (χ4v) is 4.30. The number of carboxylic acid groups (broad SMARTS) is 1. The van der Waals surface area contributed by atoms with Gasteiger partial charge in [0, 0.05) is 17.1 Å². The van der Waals surface area contributed by atoms with E-state index in [0.717, 1.165) is 30.4 Å². The third kappa shape index (κ3) is 6.38. The number of nitrogens with one attached hydrogen (secondary N) is 2. The molecular formula is C17H18Br2F3N3O5. The minimum atomic E-state index is -5.08. The molecule has 30 heavy (non-hydrogen) atoms. The molecule has 1 atom stereocenters. The number of esters is 1. The van der Waals surface area contributed by atoms with Crippen LogP contribution in [0, 0.1) is 5.41 Å². The lowest BCUT2D eigenvalue weighted by Gasteiger charge is -2.29. The number of carboxylic acids is 1. The smallest absolute Gasteiger partial charge is 0.475 e. The van der Waals surface area contributed by atoms with Gasteiger partial charge in [0.05, 0.1) is 16.4 Å². The topological polar surface area (TPSA) is 118 Å². The van der Waals surface area contributed by atoms with Crippen molar-refractivity contribution in [3.05, 3.63) is 26.9 Å². The largest absolute Gasteiger partial charge is 0.490 e. The number of alkyl halides is 3. The van der Waals surface area contributed by atoms with Crippen molar-refractivity contribution in [3.63, 3.8) is 0 Å². The summed E-state index contributed by atoms with van der Waals surface area (Å²) in [4.78, 5) is 37.4. The van der Waals surface area contributed by atoms with Crippen LogP contribution in [0.1, 0.15) is 29.8 Å². The van der Waals surface area contributed by atoms with Crippen LogP contribution in [0.15, 0.2) is 21.2 Å². The van der Waals surface area contributed by atoms with E-state index < -0.39 is 12.1 Å². The first-order valence-electron chi connectivity index (χ1n) is 8.76. The molecule has 2 aliphatic rings. The highest BCUT2D eigenvalue weighted by atomic mass is 79.9. The Morgan fingerprint density at radius 3 is 2.47 bits per heavy atom. The number of pyridine rings is 1. The molecule has 166 valence electrons. The lowest BCUT2D eigenvalue weighted by molar-refractivity contribution is -0.192. The van der Waals surface area contributed by atoms with Gasteiger partial charge < -0.3 is 20.5 Å². The van der Waals surface area contributed by atoms with Crippen molar-refractivity contribution in [2.24, 2.45) is 5.41 Å². The molecule has 1 aromatic heterocycles. The average molecular weight is 561 g/mol. The van der Waals surface area contributed by atoms with E-state index in [9.17, 15) is 22.8 Å². The molecule has 1 amide bonds. The average Bonchev–Trinajstić information content (AvgIpc) is 2.95. The third-order valence-electron chi connectivity index (χ3n) is 4.64. The van der Waals surface area contributed by atoms with Crippen LogP contribution in [0.2, 0.25) is 0 Å². The molecule has 8 nitrogen and oxygen atoms in total. The first kappa shape index (κ1) is 24.5. The number of aromatic nitrogens is 1. The fourth-order valence-electron chi connectivity index (χ4n) is 3.14. The van der Waals surface area contributed by atoms with Gasteiger partial charge in [-0.1, -0.05) is 0 Å². The van der Waals surface area contributed by atoms with Crippen LogP contribution < -0.4 is 10.6 Å². The van der Waals surface area contributed by atoms with Gasteiger partial charge in [-0.15, -0.1) is 0 Å². The van der Waals surface area contributed by atoms with E-state index in [0.29, 0.717) is 23.1 Å². The Morgan fingerprint density at radius 2 is 1.93 bits per heavy atom. The van der Waals surface area contributed by atoms with Crippen molar-refractivity contribution in [3.8, 4) is 0 Å². The van der Waals surface area contributed by atoms with E-state index in [1.807, 2.05) is 0 Å². The molecule has 1 unspecified atom stereocenters. The van der Waals surface area contributed by atoms with Crippen LogP contribution in [-0.4, -0.2) is 59.9 Å². The van der Waals surface area contributed by atoms with Crippen molar-refractivity contribution >= 4 is 49.7 Å². The first-order chi connectivity index (χ1) is 13.9. The number of carbonyl (C=O) groups excluding carboxylic acids is 2. The van der Waals surface area contributed by atoms with Crippen LogP contribution in [0.4, 0.5) is 13.2 Å². The maximum Gasteiger partial charge on any atom is 0.490 e. The van der Waals surface area contributed by atoms with E-state index in [4.69, 9.17) is 14.6 Å². The van der Waals surface area contributed by atoms with Gasteiger partial charge in [0.1, 0.15) is 11.8 Å². The maximum absolute atomic E-state index is 12.2. The van der Waals surface area contributed by atoms with Crippen LogP contribution in [-0.2, 0) is 14.3 Å². The number of hydrogen-bond acceptors (Lipinski definition) is 6. The molecule has 0 saturated carbocycles. The fraction of sp³-hybridized carbons (Fsp3) is 0.529. The van der Waals surface area contributed by atoms with Crippen molar-refractivity contribution in [1.29, 1.82) is 0 Å². The zero-order valence-corrected chi connectivity index (χ0v) is 18.6. The lowest BCUT2D eigenvalue weighted by atomic mass is 9.76. The normalized spacial score (nSPS) is 20.2.